The van der Waals surface area contributed by atoms with E-state index in [2.05, 4.69) is 77.8 Å². The van der Waals surface area contributed by atoms with Crippen molar-refractivity contribution in [1.82, 2.24) is 4.98 Å². The molecule has 3 aromatic rings. The molecule has 1 heteroatoms. The van der Waals surface area contributed by atoms with Gasteiger partial charge in [-0.05, 0) is 39.9 Å². The van der Waals surface area contributed by atoms with Crippen molar-refractivity contribution in [3.63, 3.8) is 0 Å². The average molecular weight is 267 g/mol. The van der Waals surface area contributed by atoms with Gasteiger partial charge in [0.25, 0.3) is 0 Å². The molecular weight excluding hydrogens is 254 g/mol. The number of nitrogens with one attached hydrogen (secondary N) is 1. The van der Waals surface area contributed by atoms with Gasteiger partial charge in [-0.25, -0.2) is 0 Å². The number of rotatable bonds is 0. The lowest BCUT2D eigenvalue weighted by Crippen LogP contribution is -1.86. The third-order valence-electron chi connectivity index (χ3n) is 4.36. The Balaban J connectivity index is 2.02. The van der Waals surface area contributed by atoms with Crippen molar-refractivity contribution in [2.45, 2.75) is 0 Å². The molecule has 0 fully saturated rings. The van der Waals surface area contributed by atoms with E-state index < -0.39 is 0 Å². The van der Waals surface area contributed by atoms with Crippen LogP contribution in [0.15, 0.2) is 72.8 Å². The molecule has 2 aliphatic rings. The number of hydrogen-bond acceptors (Lipinski definition) is 0. The quantitative estimate of drug-likeness (QED) is 0.352. The largest absolute Gasteiger partial charge is 0.354 e. The molecule has 1 heterocycles. The molecule has 3 aromatic carbocycles. The number of aromatic amines is 1. The summed E-state index contributed by atoms with van der Waals surface area (Å²) in [6.45, 7) is 0. The highest BCUT2D eigenvalue weighted by molar-refractivity contribution is 6.11. The van der Waals surface area contributed by atoms with Gasteiger partial charge in [-0.15, -0.1) is 0 Å². The highest BCUT2D eigenvalue weighted by Gasteiger charge is 2.12. The molecule has 0 unspecified atom stereocenters. The van der Waals surface area contributed by atoms with Crippen LogP contribution < -0.4 is 0 Å². The van der Waals surface area contributed by atoms with Gasteiger partial charge in [0, 0.05) is 16.3 Å². The van der Waals surface area contributed by atoms with E-state index in [0.717, 1.165) is 0 Å². The smallest absolute Gasteiger partial charge is 0.0538 e. The molecule has 0 saturated heterocycles. The summed E-state index contributed by atoms with van der Waals surface area (Å²) in [4.78, 5) is 3.62. The molecule has 0 radical (unpaired) electrons. The second kappa shape index (κ2) is 3.86. The molecule has 1 aliphatic heterocycles. The zero-order chi connectivity index (χ0) is 13.8. The Hall–Kier alpha value is -2.80. The minimum Gasteiger partial charge on any atom is -0.354 e. The van der Waals surface area contributed by atoms with Crippen molar-refractivity contribution in [3.05, 3.63) is 72.8 Å². The molecule has 98 valence electrons. The van der Waals surface area contributed by atoms with E-state index in [4.69, 9.17) is 0 Å². The van der Waals surface area contributed by atoms with Gasteiger partial charge in [0.05, 0.1) is 5.69 Å². The normalized spacial score (nSPS) is 11.8. The third kappa shape index (κ3) is 1.46. The Morgan fingerprint density at radius 2 is 1.33 bits per heavy atom. The van der Waals surface area contributed by atoms with Gasteiger partial charge < -0.3 is 4.98 Å². The van der Waals surface area contributed by atoms with Crippen LogP contribution in [0.4, 0.5) is 0 Å². The highest BCUT2D eigenvalue weighted by atomic mass is 14.7. The molecule has 5 rings (SSSR count). The Labute approximate surface area is 122 Å². The topological polar surface area (TPSA) is 15.8 Å². The first-order chi connectivity index (χ1) is 10.4. The summed E-state index contributed by atoms with van der Waals surface area (Å²) in [5, 5.41) is 6.47. The van der Waals surface area contributed by atoms with Crippen LogP contribution in [0.3, 0.4) is 0 Å². The fraction of sp³-hybridized carbons (Fsp3) is 0. The molecule has 1 nitrogen and oxygen atoms in total. The fourth-order valence-electron chi connectivity index (χ4n) is 3.35. The minimum absolute atomic E-state index is 1.19. The molecule has 0 aromatic heterocycles. The number of aromatic nitrogens is 1. The van der Waals surface area contributed by atoms with Crippen LogP contribution in [0.2, 0.25) is 0 Å². The van der Waals surface area contributed by atoms with E-state index in [0.29, 0.717) is 0 Å². The van der Waals surface area contributed by atoms with E-state index >= 15 is 0 Å². The van der Waals surface area contributed by atoms with Crippen molar-refractivity contribution >= 4 is 32.4 Å². The average Bonchev–Trinajstić information content (AvgIpc) is 2.90. The van der Waals surface area contributed by atoms with Crippen LogP contribution >= 0.6 is 0 Å². The SMILES string of the molecule is c1ccc2c3[nH]c4ccc5ccccc5c4cc-3cc2c1. The van der Waals surface area contributed by atoms with Gasteiger partial charge in [0.1, 0.15) is 0 Å². The van der Waals surface area contributed by atoms with Crippen LogP contribution in [0.5, 0.6) is 0 Å². The second-order valence-electron chi connectivity index (χ2n) is 5.58. The van der Waals surface area contributed by atoms with E-state index in [1.807, 2.05) is 0 Å². The number of hydrogen-bond donors (Lipinski definition) is 1. The van der Waals surface area contributed by atoms with Crippen molar-refractivity contribution in [2.24, 2.45) is 0 Å². The monoisotopic (exact) mass is 267 g/mol. The van der Waals surface area contributed by atoms with Crippen molar-refractivity contribution in [3.8, 4) is 11.3 Å². The van der Waals surface area contributed by atoms with E-state index in [-0.39, 0.29) is 0 Å². The summed E-state index contributed by atoms with van der Waals surface area (Å²) >= 11 is 0. The fourth-order valence-corrected chi connectivity index (χ4v) is 3.35. The van der Waals surface area contributed by atoms with Crippen molar-refractivity contribution < 1.29 is 0 Å². The maximum absolute atomic E-state index is 3.62. The van der Waals surface area contributed by atoms with Crippen LogP contribution in [-0.4, -0.2) is 4.98 Å². The first-order valence-electron chi connectivity index (χ1n) is 7.22. The molecule has 1 aliphatic carbocycles. The maximum atomic E-state index is 3.62. The van der Waals surface area contributed by atoms with Crippen LogP contribution in [0.1, 0.15) is 0 Å². The molecule has 0 saturated carbocycles. The van der Waals surface area contributed by atoms with Gasteiger partial charge in [-0.1, -0.05) is 54.6 Å². The van der Waals surface area contributed by atoms with Crippen LogP contribution in [0, 0.1) is 0 Å². The molecule has 0 bridgehead atoms. The standard InChI is InChI=1S/C20H13N/c1-3-7-16-13(5-1)9-10-19-18(16)12-15-11-14-6-2-4-8-17(14)20(15)21-19/h1-12,21H. The molecule has 21 heavy (non-hydrogen) atoms. The van der Waals surface area contributed by atoms with Gasteiger partial charge in [0.2, 0.25) is 0 Å². The lowest BCUT2D eigenvalue weighted by atomic mass is 10.0. The Bertz CT molecular complexity index is 1080. The summed E-state index contributed by atoms with van der Waals surface area (Å²) in [6.07, 6.45) is 0. The zero-order valence-corrected chi connectivity index (χ0v) is 11.4. The Morgan fingerprint density at radius 1 is 0.571 bits per heavy atom. The summed E-state index contributed by atoms with van der Waals surface area (Å²) in [7, 11) is 0. The van der Waals surface area contributed by atoms with E-state index in [1.165, 1.54) is 43.7 Å². The van der Waals surface area contributed by atoms with Gasteiger partial charge in [-0.3, -0.25) is 0 Å². The van der Waals surface area contributed by atoms with Gasteiger partial charge >= 0.3 is 0 Å². The van der Waals surface area contributed by atoms with Crippen LogP contribution in [0.25, 0.3) is 43.7 Å². The van der Waals surface area contributed by atoms with Gasteiger partial charge in [-0.2, -0.15) is 0 Å². The first-order valence-corrected chi connectivity index (χ1v) is 7.22. The summed E-state index contributed by atoms with van der Waals surface area (Å²) in [6, 6.07) is 26.0. The third-order valence-corrected chi connectivity index (χ3v) is 4.36. The van der Waals surface area contributed by atoms with Crippen molar-refractivity contribution in [2.75, 3.05) is 0 Å². The molecule has 0 spiro atoms. The molecule has 0 atom stereocenters. The number of H-pyrrole nitrogens is 1. The van der Waals surface area contributed by atoms with Crippen LogP contribution in [-0.2, 0) is 0 Å². The molecule has 1 N–H and O–H groups in total. The number of pyridine rings is 1. The maximum Gasteiger partial charge on any atom is 0.0538 e. The van der Waals surface area contributed by atoms with Crippen molar-refractivity contribution in [1.29, 1.82) is 0 Å². The lowest BCUT2D eigenvalue weighted by Gasteiger charge is -2.08. The van der Waals surface area contributed by atoms with E-state index in [1.54, 1.807) is 0 Å². The Morgan fingerprint density at radius 3 is 2.24 bits per heavy atom. The molecule has 0 amide bonds. The van der Waals surface area contributed by atoms with Gasteiger partial charge in [0.15, 0.2) is 0 Å². The predicted molar refractivity (Wildman–Crippen MR) is 89.9 cm³/mol. The number of benzene rings is 3. The summed E-state index contributed by atoms with van der Waals surface area (Å²) in [5.74, 6) is 0. The van der Waals surface area contributed by atoms with E-state index in [9.17, 15) is 0 Å². The summed E-state index contributed by atoms with van der Waals surface area (Å²) < 4.78 is 0. The number of fused-ring (bicyclic) bond motifs is 6. The Kier molecular flexibility index (Phi) is 2.01. The zero-order valence-electron chi connectivity index (χ0n) is 11.4. The highest BCUT2D eigenvalue weighted by Crippen LogP contribution is 2.36. The second-order valence-corrected chi connectivity index (χ2v) is 5.58. The lowest BCUT2D eigenvalue weighted by molar-refractivity contribution is 1.44. The summed E-state index contributed by atoms with van der Waals surface area (Å²) in [5.41, 5.74) is 3.70. The first kappa shape index (κ1) is 10.9. The minimum atomic E-state index is 1.19. The molecular formula is C20H13N. The predicted octanol–water partition coefficient (Wildman–Crippen LogP) is 5.58.